The number of hydrogen-bond donors (Lipinski definition) is 0. The van der Waals surface area contributed by atoms with Crippen molar-refractivity contribution in [1.82, 2.24) is 0 Å². The molecule has 0 unspecified atom stereocenters. The molecule has 9 heteroatoms. The van der Waals surface area contributed by atoms with Crippen LogP contribution in [0.4, 0.5) is 10.5 Å². The van der Waals surface area contributed by atoms with Crippen molar-refractivity contribution in [2.75, 3.05) is 11.4 Å². The third-order valence-corrected chi connectivity index (χ3v) is 5.36. The molecule has 2 amide bonds. The molecule has 1 heterocycles. The molecular formula is C26H29N3O6. The van der Waals surface area contributed by atoms with Crippen LogP contribution in [-0.4, -0.2) is 45.6 Å². The van der Waals surface area contributed by atoms with E-state index in [0.717, 1.165) is 10.5 Å². The molecule has 3 rings (SSSR count). The largest absolute Gasteiger partial charge is 0.623 e. The van der Waals surface area contributed by atoms with Gasteiger partial charge in [0.1, 0.15) is 11.5 Å². The lowest BCUT2D eigenvalue weighted by molar-refractivity contribution is -0.523. The zero-order valence-electron chi connectivity index (χ0n) is 20.4. The topological polar surface area (TPSA) is 116 Å². The Labute approximate surface area is 204 Å². The summed E-state index contributed by atoms with van der Waals surface area (Å²) in [6, 6.07) is 14.1. The molecule has 0 bridgehead atoms. The van der Waals surface area contributed by atoms with Crippen LogP contribution in [0.15, 0.2) is 66.2 Å². The zero-order chi connectivity index (χ0) is 25.9. The Bertz CT molecular complexity index is 1190. The van der Waals surface area contributed by atoms with Gasteiger partial charge in [0, 0.05) is 4.92 Å². The lowest BCUT2D eigenvalue weighted by atomic mass is 9.90. The van der Waals surface area contributed by atoms with Gasteiger partial charge in [0.15, 0.2) is 6.04 Å². The van der Waals surface area contributed by atoms with Crippen LogP contribution in [0, 0.1) is 15.3 Å². The van der Waals surface area contributed by atoms with Crippen molar-refractivity contribution in [3.8, 4) is 0 Å². The average molecular weight is 480 g/mol. The van der Waals surface area contributed by atoms with Gasteiger partial charge in [-0.05, 0) is 58.4 Å². The molecule has 0 radical (unpaired) electrons. The second-order valence-electron chi connectivity index (χ2n) is 9.58. The summed E-state index contributed by atoms with van der Waals surface area (Å²) < 4.78 is 5.90. The highest BCUT2D eigenvalue weighted by Crippen LogP contribution is 2.32. The second kappa shape index (κ2) is 10.1. The fourth-order valence-electron chi connectivity index (χ4n) is 4.01. The summed E-state index contributed by atoms with van der Waals surface area (Å²) in [7, 11) is 0. The van der Waals surface area contributed by atoms with Gasteiger partial charge in [-0.2, -0.15) is 4.74 Å². The molecule has 0 fully saturated rings. The monoisotopic (exact) mass is 479 g/mol. The molecule has 0 spiro atoms. The Morgan fingerprint density at radius 3 is 2.23 bits per heavy atom. The molecule has 0 saturated heterocycles. The lowest BCUT2D eigenvalue weighted by Gasteiger charge is -2.24. The van der Waals surface area contributed by atoms with Gasteiger partial charge in [0.25, 0.3) is 5.71 Å². The third kappa shape index (κ3) is 5.74. The molecule has 0 saturated carbocycles. The van der Waals surface area contributed by atoms with Crippen molar-refractivity contribution < 1.29 is 24.0 Å². The van der Waals surface area contributed by atoms with Gasteiger partial charge in [-0.25, -0.2) is 9.69 Å². The van der Waals surface area contributed by atoms with Gasteiger partial charge < -0.3 is 9.94 Å². The summed E-state index contributed by atoms with van der Waals surface area (Å²) in [4.78, 5) is 38.3. The highest BCUT2D eigenvalue weighted by atomic mass is 16.6. The number of anilines is 1. The Morgan fingerprint density at radius 1 is 1.06 bits per heavy atom. The number of carbonyl (C=O) groups is 2. The molecule has 0 aromatic heterocycles. The molecule has 2 atom stereocenters. The average Bonchev–Trinajstić information content (AvgIpc) is 3.06. The molecule has 2 aromatic rings. The summed E-state index contributed by atoms with van der Waals surface area (Å²) in [5, 5.41) is 25.5. The first-order chi connectivity index (χ1) is 16.4. The maximum Gasteiger partial charge on any atom is 0.422 e. The van der Waals surface area contributed by atoms with Crippen LogP contribution in [0.5, 0.6) is 0 Å². The zero-order valence-corrected chi connectivity index (χ0v) is 20.4. The van der Waals surface area contributed by atoms with E-state index in [1.165, 1.54) is 0 Å². The van der Waals surface area contributed by atoms with E-state index < -0.39 is 41.0 Å². The summed E-state index contributed by atoms with van der Waals surface area (Å²) in [5.41, 5.74) is 0.709. The first-order valence-corrected chi connectivity index (χ1v) is 11.2. The van der Waals surface area contributed by atoms with Crippen molar-refractivity contribution in [3.63, 3.8) is 0 Å². The number of fused-ring (bicyclic) bond motifs is 1. The number of benzene rings is 2. The van der Waals surface area contributed by atoms with Gasteiger partial charge in [0.05, 0.1) is 11.3 Å². The van der Waals surface area contributed by atoms with Crippen molar-refractivity contribution in [1.29, 1.82) is 0 Å². The summed E-state index contributed by atoms with van der Waals surface area (Å²) in [6.07, 6.45) is 0.717. The number of ether oxygens (including phenoxy) is 1. The molecular weight excluding hydrogens is 450 g/mol. The maximum absolute atomic E-state index is 13.9. The van der Waals surface area contributed by atoms with E-state index in [0.29, 0.717) is 10.3 Å². The summed E-state index contributed by atoms with van der Waals surface area (Å²) in [6.45, 7) is 8.06. The highest BCUT2D eigenvalue weighted by Gasteiger charge is 2.47. The number of nitro groups is 1. The molecule has 2 aromatic carbocycles. The van der Waals surface area contributed by atoms with Gasteiger partial charge in [-0.3, -0.25) is 14.9 Å². The molecule has 0 aliphatic carbocycles. The Kier molecular flexibility index (Phi) is 7.38. The van der Waals surface area contributed by atoms with Gasteiger partial charge in [-0.15, -0.1) is 0 Å². The van der Waals surface area contributed by atoms with Crippen LogP contribution in [0.25, 0.3) is 0 Å². The summed E-state index contributed by atoms with van der Waals surface area (Å²) >= 11 is 0. The molecule has 0 N–H and O–H groups in total. The van der Waals surface area contributed by atoms with Crippen LogP contribution in [0.3, 0.4) is 0 Å². The minimum absolute atomic E-state index is 0.226. The number of hydroxylamine groups is 1. The van der Waals surface area contributed by atoms with Gasteiger partial charge in [-0.1, -0.05) is 48.0 Å². The number of amides is 2. The number of imide groups is 1. The lowest BCUT2D eigenvalue weighted by Crippen LogP contribution is -2.43. The van der Waals surface area contributed by atoms with E-state index in [4.69, 9.17) is 4.74 Å². The van der Waals surface area contributed by atoms with Crippen LogP contribution in [0.1, 0.15) is 51.7 Å². The smallest absolute Gasteiger partial charge is 0.422 e. The third-order valence-electron chi connectivity index (χ3n) is 5.36. The molecule has 1 aliphatic heterocycles. The van der Waals surface area contributed by atoms with E-state index in [1.54, 1.807) is 95.3 Å². The van der Waals surface area contributed by atoms with E-state index >= 15 is 0 Å². The normalized spacial score (nSPS) is 16.3. The molecule has 184 valence electrons. The quantitative estimate of drug-likeness (QED) is 0.196. The van der Waals surface area contributed by atoms with Gasteiger partial charge >= 0.3 is 12.0 Å². The maximum atomic E-state index is 13.9. The van der Waals surface area contributed by atoms with Crippen LogP contribution < -0.4 is 4.90 Å². The number of para-hydroxylation sites is 1. The SMILES string of the molecule is CC(C)=C[C@@H]([C@@H](C[N+](=O)[O-])c1ccccc1)/[N+]([O-])=C1\C(=O)N(C(=O)OC(C)(C)C)c2ccccc21. The van der Waals surface area contributed by atoms with Crippen LogP contribution >= 0.6 is 0 Å². The number of hydrogen-bond acceptors (Lipinski definition) is 6. The van der Waals surface area contributed by atoms with Crippen molar-refractivity contribution in [2.24, 2.45) is 0 Å². The Morgan fingerprint density at radius 2 is 1.66 bits per heavy atom. The molecule has 35 heavy (non-hydrogen) atoms. The Balaban J connectivity index is 2.20. The van der Waals surface area contributed by atoms with Gasteiger partial charge in [0.2, 0.25) is 6.54 Å². The number of rotatable bonds is 6. The van der Waals surface area contributed by atoms with E-state index in [9.17, 15) is 24.9 Å². The number of allylic oxidation sites excluding steroid dienone is 1. The Hall–Kier alpha value is -4.01. The number of nitrogens with zero attached hydrogens (tertiary/aromatic N) is 3. The first-order valence-electron chi connectivity index (χ1n) is 11.2. The highest BCUT2D eigenvalue weighted by molar-refractivity contribution is 6.56. The van der Waals surface area contributed by atoms with Crippen molar-refractivity contribution in [3.05, 3.63) is 92.7 Å². The molecule has 9 nitrogen and oxygen atoms in total. The molecule has 1 aliphatic rings. The predicted octanol–water partition coefficient (Wildman–Crippen LogP) is 4.66. The standard InChI is InChI=1S/C26H29N3O6/c1-17(2)15-22(20(16-27(32)33)18-11-7-6-8-12-18)29(34)23-19-13-9-10-14-21(19)28(24(23)30)25(31)35-26(3,4)5/h6-15,20,22H,16H2,1-5H3/b29-23+/t20-,22-/m0/s1. The van der Waals surface area contributed by atoms with E-state index in [2.05, 4.69) is 0 Å². The van der Waals surface area contributed by atoms with Crippen LogP contribution in [0.2, 0.25) is 0 Å². The fraction of sp³-hybridized carbons (Fsp3) is 0.346. The van der Waals surface area contributed by atoms with Crippen molar-refractivity contribution in [2.45, 2.75) is 52.2 Å². The van der Waals surface area contributed by atoms with Crippen LogP contribution in [-0.2, 0) is 9.53 Å². The van der Waals surface area contributed by atoms with E-state index in [1.807, 2.05) is 0 Å². The first kappa shape index (κ1) is 25.6. The summed E-state index contributed by atoms with van der Waals surface area (Å²) in [5.74, 6) is -1.68. The van der Waals surface area contributed by atoms with E-state index in [-0.39, 0.29) is 17.0 Å². The fourth-order valence-corrected chi connectivity index (χ4v) is 4.01. The minimum atomic E-state index is -1.07. The predicted molar refractivity (Wildman–Crippen MR) is 132 cm³/mol. The number of carbonyl (C=O) groups excluding carboxylic acids is 2. The van der Waals surface area contributed by atoms with Crippen molar-refractivity contribution >= 4 is 23.4 Å². The second-order valence-corrected chi connectivity index (χ2v) is 9.58. The minimum Gasteiger partial charge on any atom is -0.623 e.